The standard InChI is InChI=1S/C12H12N2O2/c1-14-7-11(6-13-14)9-3-4-12(16-2)10(5-9)8-15/h3-8H,1-2H3. The third-order valence-corrected chi connectivity index (χ3v) is 2.39. The lowest BCUT2D eigenvalue weighted by Gasteiger charge is -2.04. The molecule has 4 nitrogen and oxygen atoms in total. The minimum absolute atomic E-state index is 0.545. The predicted molar refractivity (Wildman–Crippen MR) is 60.6 cm³/mol. The van der Waals surface area contributed by atoms with Crippen molar-refractivity contribution < 1.29 is 9.53 Å². The molecule has 0 saturated heterocycles. The Balaban J connectivity index is 2.47. The molecule has 0 bridgehead atoms. The largest absolute Gasteiger partial charge is 0.496 e. The number of rotatable bonds is 3. The number of carbonyl (C=O) groups excluding carboxylic acids is 1. The molecule has 1 aromatic heterocycles. The van der Waals surface area contributed by atoms with Crippen LogP contribution in [0.3, 0.4) is 0 Å². The fraction of sp³-hybridized carbons (Fsp3) is 0.167. The van der Waals surface area contributed by atoms with Crippen molar-refractivity contribution in [3.05, 3.63) is 36.2 Å². The van der Waals surface area contributed by atoms with Crippen molar-refractivity contribution in [1.29, 1.82) is 0 Å². The van der Waals surface area contributed by atoms with Gasteiger partial charge in [0, 0.05) is 18.8 Å². The highest BCUT2D eigenvalue weighted by molar-refractivity contribution is 5.82. The average molecular weight is 216 g/mol. The van der Waals surface area contributed by atoms with Crippen LogP contribution in [0.4, 0.5) is 0 Å². The highest BCUT2D eigenvalue weighted by atomic mass is 16.5. The number of hydrogen-bond donors (Lipinski definition) is 0. The van der Waals surface area contributed by atoms with Crippen LogP contribution in [0.5, 0.6) is 5.75 Å². The number of carbonyl (C=O) groups is 1. The summed E-state index contributed by atoms with van der Waals surface area (Å²) in [7, 11) is 3.40. The summed E-state index contributed by atoms with van der Waals surface area (Å²) in [4.78, 5) is 10.9. The van der Waals surface area contributed by atoms with Gasteiger partial charge in [-0.3, -0.25) is 9.48 Å². The number of methoxy groups -OCH3 is 1. The zero-order valence-corrected chi connectivity index (χ0v) is 9.18. The Kier molecular flexibility index (Phi) is 2.72. The summed E-state index contributed by atoms with van der Waals surface area (Å²) in [6.45, 7) is 0. The molecule has 0 amide bonds. The second-order valence-electron chi connectivity index (χ2n) is 3.48. The summed E-state index contributed by atoms with van der Waals surface area (Å²) in [5, 5.41) is 4.09. The summed E-state index contributed by atoms with van der Waals surface area (Å²) in [5.41, 5.74) is 2.48. The van der Waals surface area contributed by atoms with Crippen LogP contribution in [-0.4, -0.2) is 23.2 Å². The lowest BCUT2D eigenvalue weighted by atomic mass is 10.1. The molecule has 0 fully saturated rings. The van der Waals surface area contributed by atoms with Crippen molar-refractivity contribution in [2.75, 3.05) is 7.11 Å². The van der Waals surface area contributed by atoms with E-state index in [1.807, 2.05) is 19.3 Å². The molecule has 2 aromatic rings. The molecule has 0 N–H and O–H groups in total. The van der Waals surface area contributed by atoms with Crippen LogP contribution in [-0.2, 0) is 7.05 Å². The van der Waals surface area contributed by atoms with Gasteiger partial charge in [-0.15, -0.1) is 0 Å². The molecular weight excluding hydrogens is 204 g/mol. The van der Waals surface area contributed by atoms with Crippen molar-refractivity contribution in [2.24, 2.45) is 7.05 Å². The molecule has 0 unspecified atom stereocenters. The van der Waals surface area contributed by atoms with Gasteiger partial charge in [0.05, 0.1) is 18.9 Å². The van der Waals surface area contributed by atoms with Crippen LogP contribution >= 0.6 is 0 Å². The summed E-state index contributed by atoms with van der Waals surface area (Å²) >= 11 is 0. The van der Waals surface area contributed by atoms with Gasteiger partial charge in [-0.1, -0.05) is 6.07 Å². The van der Waals surface area contributed by atoms with Crippen LogP contribution in [0.1, 0.15) is 10.4 Å². The molecule has 0 atom stereocenters. The molecule has 1 heterocycles. The maximum Gasteiger partial charge on any atom is 0.153 e. The predicted octanol–water partition coefficient (Wildman–Crippen LogP) is 1.91. The summed E-state index contributed by atoms with van der Waals surface area (Å²) in [6.07, 6.45) is 4.45. The first-order valence-electron chi connectivity index (χ1n) is 4.87. The number of aryl methyl sites for hydroxylation is 1. The van der Waals surface area contributed by atoms with Crippen molar-refractivity contribution in [1.82, 2.24) is 9.78 Å². The van der Waals surface area contributed by atoms with Gasteiger partial charge in [0.25, 0.3) is 0 Å². The molecule has 4 heteroatoms. The van der Waals surface area contributed by atoms with Gasteiger partial charge in [-0.25, -0.2) is 0 Å². The SMILES string of the molecule is COc1ccc(-c2cnn(C)c2)cc1C=O. The van der Waals surface area contributed by atoms with Gasteiger partial charge < -0.3 is 4.74 Å². The van der Waals surface area contributed by atoms with E-state index in [4.69, 9.17) is 4.74 Å². The van der Waals surface area contributed by atoms with Crippen LogP contribution in [0.2, 0.25) is 0 Å². The van der Waals surface area contributed by atoms with Gasteiger partial charge in [0.15, 0.2) is 6.29 Å². The minimum atomic E-state index is 0.545. The van der Waals surface area contributed by atoms with E-state index in [-0.39, 0.29) is 0 Å². The van der Waals surface area contributed by atoms with Gasteiger partial charge in [0.2, 0.25) is 0 Å². The topological polar surface area (TPSA) is 44.1 Å². The van der Waals surface area contributed by atoms with E-state index in [0.717, 1.165) is 17.4 Å². The van der Waals surface area contributed by atoms with Gasteiger partial charge in [-0.05, 0) is 17.7 Å². The number of hydrogen-bond acceptors (Lipinski definition) is 3. The van der Waals surface area contributed by atoms with E-state index >= 15 is 0 Å². The Bertz CT molecular complexity index is 517. The third-order valence-electron chi connectivity index (χ3n) is 2.39. The number of aldehydes is 1. The zero-order chi connectivity index (χ0) is 11.5. The first-order valence-corrected chi connectivity index (χ1v) is 4.87. The number of nitrogens with zero attached hydrogens (tertiary/aromatic N) is 2. The van der Waals surface area contributed by atoms with Crippen LogP contribution in [0.25, 0.3) is 11.1 Å². The Labute approximate surface area is 93.5 Å². The highest BCUT2D eigenvalue weighted by Gasteiger charge is 2.06. The minimum Gasteiger partial charge on any atom is -0.496 e. The van der Waals surface area contributed by atoms with E-state index in [2.05, 4.69) is 5.10 Å². The molecule has 1 aromatic carbocycles. The number of aromatic nitrogens is 2. The summed E-state index contributed by atoms with van der Waals surface area (Å²) in [6, 6.07) is 5.48. The van der Waals surface area contributed by atoms with Gasteiger partial charge >= 0.3 is 0 Å². The molecule has 0 radical (unpaired) electrons. The van der Waals surface area contributed by atoms with E-state index in [0.29, 0.717) is 11.3 Å². The fourth-order valence-electron chi connectivity index (χ4n) is 1.58. The molecule has 0 aliphatic carbocycles. The monoisotopic (exact) mass is 216 g/mol. The van der Waals surface area contributed by atoms with Gasteiger partial charge in [-0.2, -0.15) is 5.10 Å². The smallest absolute Gasteiger partial charge is 0.153 e. The number of benzene rings is 1. The molecule has 0 aliphatic heterocycles. The molecule has 16 heavy (non-hydrogen) atoms. The van der Waals surface area contributed by atoms with Gasteiger partial charge in [0.1, 0.15) is 5.75 Å². The fourth-order valence-corrected chi connectivity index (χ4v) is 1.58. The third kappa shape index (κ3) is 1.82. The Hall–Kier alpha value is -2.10. The lowest BCUT2D eigenvalue weighted by molar-refractivity contribution is 0.112. The first-order chi connectivity index (χ1) is 7.74. The second-order valence-corrected chi connectivity index (χ2v) is 3.48. The molecule has 0 aliphatic rings. The zero-order valence-electron chi connectivity index (χ0n) is 9.18. The average Bonchev–Trinajstić information content (AvgIpc) is 2.75. The molecule has 0 spiro atoms. The van der Waals surface area contributed by atoms with E-state index in [1.54, 1.807) is 30.1 Å². The van der Waals surface area contributed by atoms with Crippen LogP contribution < -0.4 is 4.74 Å². The van der Waals surface area contributed by atoms with Crippen LogP contribution in [0, 0.1) is 0 Å². The van der Waals surface area contributed by atoms with Crippen LogP contribution in [0.15, 0.2) is 30.6 Å². The molecule has 2 rings (SSSR count). The second kappa shape index (κ2) is 4.18. The maximum atomic E-state index is 10.9. The van der Waals surface area contributed by atoms with Crippen molar-refractivity contribution >= 4 is 6.29 Å². The summed E-state index contributed by atoms with van der Waals surface area (Å²) in [5.74, 6) is 0.586. The Morgan fingerprint density at radius 2 is 2.19 bits per heavy atom. The molecule has 0 saturated carbocycles. The Morgan fingerprint density at radius 1 is 1.38 bits per heavy atom. The highest BCUT2D eigenvalue weighted by Crippen LogP contribution is 2.25. The first kappa shape index (κ1) is 10.4. The number of ether oxygens (including phenoxy) is 1. The normalized spacial score (nSPS) is 10.1. The molecular formula is C12H12N2O2. The van der Waals surface area contributed by atoms with Crippen molar-refractivity contribution in [3.8, 4) is 16.9 Å². The lowest BCUT2D eigenvalue weighted by Crippen LogP contribution is -1.90. The van der Waals surface area contributed by atoms with E-state index in [1.165, 1.54) is 0 Å². The maximum absolute atomic E-state index is 10.9. The van der Waals surface area contributed by atoms with Crippen molar-refractivity contribution in [3.63, 3.8) is 0 Å². The Morgan fingerprint density at radius 3 is 2.75 bits per heavy atom. The summed E-state index contributed by atoms with van der Waals surface area (Å²) < 4.78 is 6.80. The van der Waals surface area contributed by atoms with E-state index < -0.39 is 0 Å². The quantitative estimate of drug-likeness (QED) is 0.736. The van der Waals surface area contributed by atoms with Crippen molar-refractivity contribution in [2.45, 2.75) is 0 Å². The van der Waals surface area contributed by atoms with E-state index in [9.17, 15) is 4.79 Å². The molecule has 82 valence electrons.